The minimum absolute atomic E-state index is 0.0677. The first-order valence-corrected chi connectivity index (χ1v) is 9.98. The predicted molar refractivity (Wildman–Crippen MR) is 113 cm³/mol. The van der Waals surface area contributed by atoms with Gasteiger partial charge in [0.2, 0.25) is 5.91 Å². The third kappa shape index (κ3) is 3.42. The topological polar surface area (TPSA) is 71.3 Å². The molecule has 1 amide bonds. The summed E-state index contributed by atoms with van der Waals surface area (Å²) in [5.41, 5.74) is 3.42. The first-order valence-electron chi connectivity index (χ1n) is 9.98. The van der Waals surface area contributed by atoms with Crippen molar-refractivity contribution in [3.05, 3.63) is 66.5 Å². The van der Waals surface area contributed by atoms with Crippen molar-refractivity contribution in [3.8, 4) is 0 Å². The van der Waals surface area contributed by atoms with E-state index >= 15 is 0 Å². The van der Waals surface area contributed by atoms with Gasteiger partial charge in [-0.1, -0.05) is 42.5 Å². The molecule has 2 aromatic carbocycles. The number of amides is 1. The van der Waals surface area contributed by atoms with Crippen molar-refractivity contribution in [2.45, 2.75) is 19.4 Å². The van der Waals surface area contributed by atoms with Gasteiger partial charge in [0, 0.05) is 25.0 Å². The van der Waals surface area contributed by atoms with E-state index in [1.54, 1.807) is 6.33 Å². The molecule has 3 heterocycles. The Morgan fingerprint density at radius 2 is 1.93 bits per heavy atom. The second kappa shape index (κ2) is 7.54. The number of hydrogen-bond acceptors (Lipinski definition) is 5. The third-order valence-electron chi connectivity index (χ3n) is 5.54. The standard InChI is InChI=1S/C23H22N4O2/c28-23(24-13-16-7-2-1-3-8-16)17-9-6-12-27(14-17)22-21-20(25-15-26-22)18-10-4-5-11-19(18)29-21/h1-5,7-8,10-11,15,17H,6,9,12-14H2,(H,24,28)/t17-/m1/s1. The van der Waals surface area contributed by atoms with E-state index in [2.05, 4.69) is 20.2 Å². The average molecular weight is 386 g/mol. The van der Waals surface area contributed by atoms with Crippen LogP contribution in [0.2, 0.25) is 0 Å². The lowest BCUT2D eigenvalue weighted by Gasteiger charge is -2.32. The summed E-state index contributed by atoms with van der Waals surface area (Å²) in [6, 6.07) is 17.9. The van der Waals surface area contributed by atoms with Gasteiger partial charge in [-0.3, -0.25) is 4.79 Å². The summed E-state index contributed by atoms with van der Waals surface area (Å²) in [5, 5.41) is 4.06. The smallest absolute Gasteiger partial charge is 0.225 e. The third-order valence-corrected chi connectivity index (χ3v) is 5.54. The lowest BCUT2D eigenvalue weighted by Crippen LogP contribution is -2.43. The van der Waals surface area contributed by atoms with Crippen LogP contribution in [0.25, 0.3) is 22.1 Å². The number of benzene rings is 2. The van der Waals surface area contributed by atoms with Crippen molar-refractivity contribution in [3.63, 3.8) is 0 Å². The summed E-state index contributed by atoms with van der Waals surface area (Å²) >= 11 is 0. The van der Waals surface area contributed by atoms with Gasteiger partial charge in [-0.2, -0.15) is 0 Å². The van der Waals surface area contributed by atoms with Crippen molar-refractivity contribution in [1.82, 2.24) is 15.3 Å². The molecule has 2 aromatic heterocycles. The monoisotopic (exact) mass is 386 g/mol. The van der Waals surface area contributed by atoms with Crippen LogP contribution < -0.4 is 10.2 Å². The number of piperidine rings is 1. The number of rotatable bonds is 4. The molecule has 146 valence electrons. The fourth-order valence-corrected chi connectivity index (χ4v) is 4.05. The van der Waals surface area contributed by atoms with Crippen molar-refractivity contribution in [1.29, 1.82) is 0 Å². The second-order valence-corrected chi connectivity index (χ2v) is 7.46. The molecule has 1 saturated heterocycles. The highest BCUT2D eigenvalue weighted by Gasteiger charge is 2.28. The van der Waals surface area contributed by atoms with Crippen LogP contribution >= 0.6 is 0 Å². The number of fused-ring (bicyclic) bond motifs is 3. The van der Waals surface area contributed by atoms with E-state index in [0.717, 1.165) is 47.3 Å². The maximum absolute atomic E-state index is 12.8. The van der Waals surface area contributed by atoms with E-state index in [1.807, 2.05) is 54.6 Å². The molecule has 1 N–H and O–H groups in total. The number of aromatic nitrogens is 2. The molecule has 1 fully saturated rings. The van der Waals surface area contributed by atoms with Crippen LogP contribution in [-0.2, 0) is 11.3 Å². The number of furan rings is 1. The molecular formula is C23H22N4O2. The number of carbonyl (C=O) groups excluding carboxylic acids is 1. The predicted octanol–water partition coefficient (Wildman–Crippen LogP) is 3.91. The molecule has 4 aromatic rings. The Morgan fingerprint density at radius 1 is 1.10 bits per heavy atom. The number of nitrogens with zero attached hydrogens (tertiary/aromatic N) is 3. The summed E-state index contributed by atoms with van der Waals surface area (Å²) in [4.78, 5) is 23.8. The molecule has 0 spiro atoms. The summed E-state index contributed by atoms with van der Waals surface area (Å²) in [6.07, 6.45) is 3.40. The zero-order valence-electron chi connectivity index (χ0n) is 16.0. The van der Waals surface area contributed by atoms with Crippen LogP contribution in [0.3, 0.4) is 0 Å². The van der Waals surface area contributed by atoms with Gasteiger partial charge in [-0.25, -0.2) is 9.97 Å². The first-order chi connectivity index (χ1) is 14.3. The SMILES string of the molecule is O=C(NCc1ccccc1)[C@@H]1CCCN(c2ncnc3c2oc2ccccc23)C1. The molecule has 0 bridgehead atoms. The van der Waals surface area contributed by atoms with Crippen LogP contribution in [0.15, 0.2) is 65.3 Å². The van der Waals surface area contributed by atoms with E-state index in [0.29, 0.717) is 18.7 Å². The molecule has 6 heteroatoms. The van der Waals surface area contributed by atoms with Gasteiger partial charge < -0.3 is 14.6 Å². The maximum atomic E-state index is 12.8. The van der Waals surface area contributed by atoms with Crippen molar-refractivity contribution in [2.75, 3.05) is 18.0 Å². The Kier molecular flexibility index (Phi) is 4.60. The molecular weight excluding hydrogens is 364 g/mol. The fourth-order valence-electron chi connectivity index (χ4n) is 4.05. The quantitative estimate of drug-likeness (QED) is 0.576. The van der Waals surface area contributed by atoms with Gasteiger partial charge in [-0.05, 0) is 30.5 Å². The molecule has 0 radical (unpaired) electrons. The van der Waals surface area contributed by atoms with E-state index < -0.39 is 0 Å². The van der Waals surface area contributed by atoms with E-state index in [-0.39, 0.29) is 11.8 Å². The molecule has 1 atom stereocenters. The second-order valence-electron chi connectivity index (χ2n) is 7.46. The Balaban J connectivity index is 1.36. The largest absolute Gasteiger partial charge is 0.450 e. The molecule has 29 heavy (non-hydrogen) atoms. The summed E-state index contributed by atoms with van der Waals surface area (Å²) in [5.74, 6) is 0.794. The van der Waals surface area contributed by atoms with Gasteiger partial charge in [0.25, 0.3) is 0 Å². The van der Waals surface area contributed by atoms with Gasteiger partial charge in [-0.15, -0.1) is 0 Å². The van der Waals surface area contributed by atoms with Crippen LogP contribution in [-0.4, -0.2) is 29.0 Å². The molecule has 6 nitrogen and oxygen atoms in total. The summed E-state index contributed by atoms with van der Waals surface area (Å²) in [6.45, 7) is 2.03. The van der Waals surface area contributed by atoms with E-state index in [9.17, 15) is 4.79 Å². The average Bonchev–Trinajstić information content (AvgIpc) is 3.17. The van der Waals surface area contributed by atoms with Crippen LogP contribution in [0.5, 0.6) is 0 Å². The lowest BCUT2D eigenvalue weighted by molar-refractivity contribution is -0.125. The zero-order chi connectivity index (χ0) is 19.6. The van der Waals surface area contributed by atoms with Gasteiger partial charge in [0.1, 0.15) is 17.4 Å². The number of carbonyl (C=O) groups is 1. The molecule has 0 unspecified atom stereocenters. The fraction of sp³-hybridized carbons (Fsp3) is 0.261. The lowest BCUT2D eigenvalue weighted by atomic mass is 9.97. The molecule has 1 aliphatic heterocycles. The Hall–Kier alpha value is -3.41. The molecule has 1 aliphatic rings. The van der Waals surface area contributed by atoms with E-state index in [4.69, 9.17) is 4.42 Å². The van der Waals surface area contributed by atoms with Crippen LogP contribution in [0.4, 0.5) is 5.82 Å². The van der Waals surface area contributed by atoms with Crippen LogP contribution in [0, 0.1) is 5.92 Å². The normalized spacial score (nSPS) is 17.0. The molecule has 0 aliphatic carbocycles. The van der Waals surface area contributed by atoms with Crippen molar-refractivity contribution >= 4 is 33.8 Å². The number of hydrogen-bond donors (Lipinski definition) is 1. The minimum atomic E-state index is -0.0677. The zero-order valence-corrected chi connectivity index (χ0v) is 16.0. The highest BCUT2D eigenvalue weighted by atomic mass is 16.3. The number of anilines is 1. The Morgan fingerprint density at radius 3 is 2.83 bits per heavy atom. The Labute approximate surface area is 168 Å². The van der Waals surface area contributed by atoms with Crippen LogP contribution in [0.1, 0.15) is 18.4 Å². The summed E-state index contributed by atoms with van der Waals surface area (Å²) < 4.78 is 6.07. The van der Waals surface area contributed by atoms with Gasteiger partial charge >= 0.3 is 0 Å². The number of para-hydroxylation sites is 1. The van der Waals surface area contributed by atoms with Gasteiger partial charge in [0.15, 0.2) is 11.4 Å². The van der Waals surface area contributed by atoms with Gasteiger partial charge in [0.05, 0.1) is 5.92 Å². The first kappa shape index (κ1) is 17.7. The van der Waals surface area contributed by atoms with Crippen molar-refractivity contribution in [2.24, 2.45) is 5.92 Å². The molecule has 5 rings (SSSR count). The van der Waals surface area contributed by atoms with Crippen molar-refractivity contribution < 1.29 is 9.21 Å². The number of nitrogens with one attached hydrogen (secondary N) is 1. The Bertz CT molecular complexity index is 1160. The summed E-state index contributed by atoms with van der Waals surface area (Å²) in [7, 11) is 0. The maximum Gasteiger partial charge on any atom is 0.225 e. The minimum Gasteiger partial charge on any atom is -0.450 e. The highest BCUT2D eigenvalue weighted by Crippen LogP contribution is 2.33. The molecule has 0 saturated carbocycles. The highest BCUT2D eigenvalue weighted by molar-refractivity contribution is 6.05. The van der Waals surface area contributed by atoms with E-state index in [1.165, 1.54) is 0 Å².